The first kappa shape index (κ1) is 15.5. The van der Waals surface area contributed by atoms with E-state index in [1.165, 1.54) is 5.56 Å². The van der Waals surface area contributed by atoms with E-state index in [4.69, 9.17) is 11.0 Å². The van der Waals surface area contributed by atoms with E-state index in [1.807, 2.05) is 32.0 Å². The summed E-state index contributed by atoms with van der Waals surface area (Å²) in [5.74, 6) is 0. The molecule has 0 amide bonds. The zero-order chi connectivity index (χ0) is 14.3. The first-order valence-electron chi connectivity index (χ1n) is 6.88. The van der Waals surface area contributed by atoms with Crippen LogP contribution in [0.5, 0.6) is 0 Å². The van der Waals surface area contributed by atoms with Crippen LogP contribution in [0.25, 0.3) is 0 Å². The van der Waals surface area contributed by atoms with Gasteiger partial charge in [0.1, 0.15) is 0 Å². The van der Waals surface area contributed by atoms with Crippen molar-refractivity contribution in [1.29, 1.82) is 5.26 Å². The largest absolute Gasteiger partial charge is 0.398 e. The Morgan fingerprint density at radius 1 is 1.26 bits per heavy atom. The van der Waals surface area contributed by atoms with Crippen molar-refractivity contribution in [3.05, 3.63) is 29.8 Å². The highest BCUT2D eigenvalue weighted by molar-refractivity contribution is 5.46. The van der Waals surface area contributed by atoms with Gasteiger partial charge in [-0.2, -0.15) is 5.26 Å². The number of rotatable bonds is 7. The standard InChI is InChI=1S/C16H25N3/c1-16(2,13-17)10-6-7-11-19(3)12-14-8-4-5-9-15(14)18/h4-5,8-9H,6-7,10-12,18H2,1-3H3. The number of unbranched alkanes of at least 4 members (excludes halogenated alkanes) is 1. The monoisotopic (exact) mass is 259 g/mol. The van der Waals surface area contributed by atoms with E-state index in [0.717, 1.165) is 38.0 Å². The Morgan fingerprint density at radius 2 is 1.95 bits per heavy atom. The number of nitriles is 1. The molecular formula is C16H25N3. The second-order valence-electron chi connectivity index (χ2n) is 5.89. The highest BCUT2D eigenvalue weighted by Crippen LogP contribution is 2.21. The van der Waals surface area contributed by atoms with E-state index in [1.54, 1.807) is 0 Å². The highest BCUT2D eigenvalue weighted by atomic mass is 15.1. The lowest BCUT2D eigenvalue weighted by atomic mass is 9.89. The number of nitrogens with two attached hydrogens (primary N) is 1. The van der Waals surface area contributed by atoms with Gasteiger partial charge < -0.3 is 10.6 Å². The third-order valence-corrected chi connectivity index (χ3v) is 3.39. The van der Waals surface area contributed by atoms with E-state index in [0.29, 0.717) is 0 Å². The maximum atomic E-state index is 8.95. The molecule has 104 valence electrons. The minimum absolute atomic E-state index is 0.192. The number of hydrogen-bond donors (Lipinski definition) is 1. The average molecular weight is 259 g/mol. The van der Waals surface area contributed by atoms with Gasteiger partial charge in [-0.05, 0) is 51.9 Å². The van der Waals surface area contributed by atoms with Gasteiger partial charge in [-0.1, -0.05) is 24.6 Å². The molecule has 0 atom stereocenters. The molecule has 0 radical (unpaired) electrons. The second-order valence-corrected chi connectivity index (χ2v) is 5.89. The predicted molar refractivity (Wildman–Crippen MR) is 80.4 cm³/mol. The van der Waals surface area contributed by atoms with Gasteiger partial charge in [0.15, 0.2) is 0 Å². The second kappa shape index (κ2) is 7.16. The van der Waals surface area contributed by atoms with Crippen LogP contribution in [-0.4, -0.2) is 18.5 Å². The fraction of sp³-hybridized carbons (Fsp3) is 0.562. The molecule has 1 aromatic rings. The molecule has 0 aromatic heterocycles. The van der Waals surface area contributed by atoms with Gasteiger partial charge in [0.25, 0.3) is 0 Å². The number of nitrogen functional groups attached to an aromatic ring is 1. The Morgan fingerprint density at radius 3 is 2.58 bits per heavy atom. The van der Waals surface area contributed by atoms with Crippen LogP contribution >= 0.6 is 0 Å². The molecule has 0 spiro atoms. The van der Waals surface area contributed by atoms with E-state index in [9.17, 15) is 0 Å². The third-order valence-electron chi connectivity index (χ3n) is 3.39. The van der Waals surface area contributed by atoms with Crippen LogP contribution in [0.15, 0.2) is 24.3 Å². The summed E-state index contributed by atoms with van der Waals surface area (Å²) < 4.78 is 0. The summed E-state index contributed by atoms with van der Waals surface area (Å²) in [7, 11) is 2.11. The predicted octanol–water partition coefficient (Wildman–Crippen LogP) is 3.42. The highest BCUT2D eigenvalue weighted by Gasteiger charge is 2.15. The zero-order valence-corrected chi connectivity index (χ0v) is 12.3. The molecule has 0 aliphatic carbocycles. The summed E-state index contributed by atoms with van der Waals surface area (Å²) in [4.78, 5) is 2.28. The Balaban J connectivity index is 2.28. The summed E-state index contributed by atoms with van der Waals surface area (Å²) in [6.07, 6.45) is 3.17. The molecule has 1 aromatic carbocycles. The van der Waals surface area contributed by atoms with Gasteiger partial charge in [-0.15, -0.1) is 0 Å². The maximum absolute atomic E-state index is 8.95. The Labute approximate surface area is 117 Å². The van der Waals surface area contributed by atoms with Crippen LogP contribution in [0.1, 0.15) is 38.7 Å². The average Bonchev–Trinajstić information content (AvgIpc) is 2.38. The molecule has 3 nitrogen and oxygen atoms in total. The molecule has 3 heteroatoms. The minimum Gasteiger partial charge on any atom is -0.398 e. The van der Waals surface area contributed by atoms with Gasteiger partial charge >= 0.3 is 0 Å². The molecule has 0 aliphatic heterocycles. The van der Waals surface area contributed by atoms with Crippen molar-refractivity contribution in [3.8, 4) is 6.07 Å². The molecule has 0 saturated heterocycles. The van der Waals surface area contributed by atoms with Gasteiger partial charge in [0.05, 0.1) is 11.5 Å². The van der Waals surface area contributed by atoms with Crippen LogP contribution in [0, 0.1) is 16.7 Å². The van der Waals surface area contributed by atoms with E-state index >= 15 is 0 Å². The normalized spacial score (nSPS) is 11.5. The lowest BCUT2D eigenvalue weighted by molar-refractivity contribution is 0.308. The minimum atomic E-state index is -0.192. The fourth-order valence-corrected chi connectivity index (χ4v) is 2.05. The number of anilines is 1. The lowest BCUT2D eigenvalue weighted by Crippen LogP contribution is -2.20. The first-order chi connectivity index (χ1) is 8.94. The van der Waals surface area contributed by atoms with E-state index < -0.39 is 0 Å². The number of hydrogen-bond acceptors (Lipinski definition) is 3. The quantitative estimate of drug-likeness (QED) is 0.603. The van der Waals surface area contributed by atoms with Crippen molar-refractivity contribution in [1.82, 2.24) is 4.90 Å². The van der Waals surface area contributed by atoms with Crippen molar-refractivity contribution < 1.29 is 0 Å². The van der Waals surface area contributed by atoms with Gasteiger partial charge in [-0.3, -0.25) is 0 Å². The van der Waals surface area contributed by atoms with E-state index in [2.05, 4.69) is 24.1 Å². The Kier molecular flexibility index (Phi) is 5.85. The molecule has 0 heterocycles. The molecule has 0 bridgehead atoms. The zero-order valence-electron chi connectivity index (χ0n) is 12.3. The van der Waals surface area contributed by atoms with Crippen LogP contribution in [-0.2, 0) is 6.54 Å². The van der Waals surface area contributed by atoms with Crippen LogP contribution in [0.3, 0.4) is 0 Å². The first-order valence-corrected chi connectivity index (χ1v) is 6.88. The summed E-state index contributed by atoms with van der Waals surface area (Å²) in [5.41, 5.74) is 7.79. The molecule has 0 aliphatic rings. The molecule has 0 unspecified atom stereocenters. The topological polar surface area (TPSA) is 53.0 Å². The number of para-hydroxylation sites is 1. The van der Waals surface area contributed by atoms with E-state index in [-0.39, 0.29) is 5.41 Å². The summed E-state index contributed by atoms with van der Waals surface area (Å²) in [6, 6.07) is 10.3. The summed E-state index contributed by atoms with van der Waals surface area (Å²) in [6.45, 7) is 5.92. The van der Waals surface area contributed by atoms with Crippen molar-refractivity contribution in [2.24, 2.45) is 5.41 Å². The van der Waals surface area contributed by atoms with Crippen molar-refractivity contribution in [2.75, 3.05) is 19.3 Å². The fourth-order valence-electron chi connectivity index (χ4n) is 2.05. The van der Waals surface area contributed by atoms with Gasteiger partial charge in [-0.25, -0.2) is 0 Å². The molecule has 0 fully saturated rings. The van der Waals surface area contributed by atoms with Gasteiger partial charge in [0, 0.05) is 12.2 Å². The van der Waals surface area contributed by atoms with Crippen molar-refractivity contribution in [2.45, 2.75) is 39.7 Å². The Hall–Kier alpha value is -1.53. The van der Waals surface area contributed by atoms with Crippen LogP contribution in [0.2, 0.25) is 0 Å². The summed E-state index contributed by atoms with van der Waals surface area (Å²) >= 11 is 0. The number of nitrogens with zero attached hydrogens (tertiary/aromatic N) is 2. The Bertz CT molecular complexity index is 432. The SMILES string of the molecule is CN(CCCCC(C)(C)C#N)Cc1ccccc1N. The smallest absolute Gasteiger partial charge is 0.0683 e. The van der Waals surface area contributed by atoms with Crippen molar-refractivity contribution in [3.63, 3.8) is 0 Å². The molecule has 2 N–H and O–H groups in total. The van der Waals surface area contributed by atoms with Crippen molar-refractivity contribution >= 4 is 5.69 Å². The van der Waals surface area contributed by atoms with Crippen LogP contribution < -0.4 is 5.73 Å². The molecule has 1 rings (SSSR count). The molecular weight excluding hydrogens is 234 g/mol. The molecule has 19 heavy (non-hydrogen) atoms. The third kappa shape index (κ3) is 5.76. The lowest BCUT2D eigenvalue weighted by Gasteiger charge is -2.19. The maximum Gasteiger partial charge on any atom is 0.0683 e. The number of benzene rings is 1. The summed E-state index contributed by atoms with van der Waals surface area (Å²) in [5, 5.41) is 8.95. The molecule has 0 saturated carbocycles. The van der Waals surface area contributed by atoms with Gasteiger partial charge in [0.2, 0.25) is 0 Å². The van der Waals surface area contributed by atoms with Crippen LogP contribution in [0.4, 0.5) is 5.69 Å².